The number of alkyl carbamates (subject to hydrolysis) is 1. The smallest absolute Gasteiger partial charge is 0.407 e. The molecule has 3 heteroatoms. The van der Waals surface area contributed by atoms with Gasteiger partial charge in [-0.05, 0) is 33.1 Å². The van der Waals surface area contributed by atoms with E-state index < -0.39 is 0 Å². The maximum absolute atomic E-state index is 11.1. The number of nitrogens with one attached hydrogen (secondary N) is 1. The molecule has 0 bridgehead atoms. The summed E-state index contributed by atoms with van der Waals surface area (Å²) in [5, 5.41) is 2.82. The monoisotopic (exact) mass is 171 g/mol. The van der Waals surface area contributed by atoms with Crippen LogP contribution in [0, 0.1) is 0 Å². The molecule has 1 aliphatic carbocycles. The van der Waals surface area contributed by atoms with Crippen LogP contribution in [0.3, 0.4) is 0 Å². The third kappa shape index (κ3) is 3.11. The molecule has 1 saturated carbocycles. The van der Waals surface area contributed by atoms with Crippen LogP contribution in [0.25, 0.3) is 0 Å². The van der Waals surface area contributed by atoms with Gasteiger partial charge in [0.1, 0.15) is 6.10 Å². The van der Waals surface area contributed by atoms with Gasteiger partial charge in [-0.1, -0.05) is 6.92 Å². The number of hydrogen-bond donors (Lipinski definition) is 1. The summed E-state index contributed by atoms with van der Waals surface area (Å²) >= 11 is 0. The van der Waals surface area contributed by atoms with Crippen LogP contribution in [-0.2, 0) is 4.74 Å². The van der Waals surface area contributed by atoms with E-state index in [1.54, 1.807) is 0 Å². The van der Waals surface area contributed by atoms with Crippen molar-refractivity contribution in [1.82, 2.24) is 5.32 Å². The summed E-state index contributed by atoms with van der Waals surface area (Å²) in [6.45, 7) is 6.01. The highest BCUT2D eigenvalue weighted by atomic mass is 16.6. The van der Waals surface area contributed by atoms with Crippen molar-refractivity contribution in [3.05, 3.63) is 0 Å². The fourth-order valence-corrected chi connectivity index (χ4v) is 0.731. The molecule has 0 heterocycles. The Morgan fingerprint density at radius 3 is 2.58 bits per heavy atom. The minimum Gasteiger partial charge on any atom is -0.446 e. The van der Waals surface area contributed by atoms with E-state index in [1.165, 1.54) is 0 Å². The standard InChI is InChI=1S/C9H17NO2/c1-4-9(2,3)10-8(11)12-7-5-6-7/h7H,4-6H2,1-3H3,(H,10,11). The lowest BCUT2D eigenvalue weighted by Gasteiger charge is -2.23. The maximum Gasteiger partial charge on any atom is 0.407 e. The van der Waals surface area contributed by atoms with E-state index in [0.29, 0.717) is 0 Å². The first-order valence-corrected chi connectivity index (χ1v) is 4.52. The highest BCUT2D eigenvalue weighted by Gasteiger charge is 2.28. The summed E-state index contributed by atoms with van der Waals surface area (Å²) < 4.78 is 5.05. The van der Waals surface area contributed by atoms with Gasteiger partial charge in [0.05, 0.1) is 0 Å². The Hall–Kier alpha value is -0.730. The minimum absolute atomic E-state index is 0.147. The fourth-order valence-electron chi connectivity index (χ4n) is 0.731. The van der Waals surface area contributed by atoms with Gasteiger partial charge >= 0.3 is 6.09 Å². The van der Waals surface area contributed by atoms with E-state index in [4.69, 9.17) is 4.74 Å². The van der Waals surface area contributed by atoms with Crippen molar-refractivity contribution in [2.24, 2.45) is 0 Å². The largest absolute Gasteiger partial charge is 0.446 e. The highest BCUT2D eigenvalue weighted by molar-refractivity contribution is 5.68. The lowest BCUT2D eigenvalue weighted by atomic mass is 10.0. The number of carbonyl (C=O) groups is 1. The van der Waals surface area contributed by atoms with Gasteiger partial charge in [0.2, 0.25) is 0 Å². The minimum atomic E-state index is -0.274. The first-order valence-electron chi connectivity index (χ1n) is 4.52. The lowest BCUT2D eigenvalue weighted by molar-refractivity contribution is 0.128. The average Bonchev–Trinajstić information content (AvgIpc) is 2.70. The summed E-state index contributed by atoms with van der Waals surface area (Å²) in [7, 11) is 0. The Morgan fingerprint density at radius 2 is 2.17 bits per heavy atom. The Morgan fingerprint density at radius 1 is 1.58 bits per heavy atom. The van der Waals surface area contributed by atoms with Crippen molar-refractivity contribution in [3.8, 4) is 0 Å². The maximum atomic E-state index is 11.1. The first kappa shape index (κ1) is 9.36. The molecule has 0 aromatic rings. The molecule has 0 aromatic carbocycles. The summed E-state index contributed by atoms with van der Waals surface area (Å²) in [6, 6.07) is 0. The molecule has 70 valence electrons. The molecule has 1 N–H and O–H groups in total. The molecule has 1 fully saturated rings. The van der Waals surface area contributed by atoms with Crippen molar-refractivity contribution < 1.29 is 9.53 Å². The summed E-state index contributed by atoms with van der Waals surface area (Å²) in [6.07, 6.45) is 2.88. The van der Waals surface area contributed by atoms with E-state index in [1.807, 2.05) is 20.8 Å². The van der Waals surface area contributed by atoms with Gasteiger partial charge in [0.15, 0.2) is 0 Å². The molecule has 12 heavy (non-hydrogen) atoms. The Kier molecular flexibility index (Phi) is 2.60. The molecule has 3 nitrogen and oxygen atoms in total. The van der Waals surface area contributed by atoms with Gasteiger partial charge in [0, 0.05) is 5.54 Å². The van der Waals surface area contributed by atoms with Crippen LogP contribution in [0.15, 0.2) is 0 Å². The van der Waals surface area contributed by atoms with E-state index in [2.05, 4.69) is 5.32 Å². The summed E-state index contributed by atoms with van der Waals surface area (Å²) in [5.41, 5.74) is -0.147. The van der Waals surface area contributed by atoms with Crippen LogP contribution in [0.1, 0.15) is 40.0 Å². The van der Waals surface area contributed by atoms with Crippen LogP contribution in [0.2, 0.25) is 0 Å². The molecule has 0 saturated heterocycles. The third-order valence-electron chi connectivity index (χ3n) is 2.12. The second-order valence-corrected chi connectivity index (χ2v) is 3.97. The van der Waals surface area contributed by atoms with E-state index in [9.17, 15) is 4.79 Å². The number of ether oxygens (including phenoxy) is 1. The molecule has 1 rings (SSSR count). The third-order valence-corrected chi connectivity index (χ3v) is 2.12. The first-order chi connectivity index (χ1) is 5.53. The van der Waals surface area contributed by atoms with Gasteiger partial charge in [-0.25, -0.2) is 4.79 Å². The molecule has 1 aliphatic rings. The molecule has 0 unspecified atom stereocenters. The van der Waals surface area contributed by atoms with E-state index in [-0.39, 0.29) is 17.7 Å². The highest BCUT2D eigenvalue weighted by Crippen LogP contribution is 2.23. The Bertz CT molecular complexity index is 173. The predicted octanol–water partition coefficient (Wildman–Crippen LogP) is 2.06. The number of rotatable bonds is 3. The van der Waals surface area contributed by atoms with Gasteiger partial charge in [-0.3, -0.25) is 0 Å². The Labute approximate surface area is 73.5 Å². The number of hydrogen-bond acceptors (Lipinski definition) is 2. The molecule has 0 atom stereocenters. The second-order valence-electron chi connectivity index (χ2n) is 3.97. The zero-order valence-electron chi connectivity index (χ0n) is 8.02. The lowest BCUT2D eigenvalue weighted by Crippen LogP contribution is -2.43. The molecular formula is C9H17NO2. The van der Waals surface area contributed by atoms with Crippen LogP contribution < -0.4 is 5.32 Å². The van der Waals surface area contributed by atoms with E-state index in [0.717, 1.165) is 19.3 Å². The van der Waals surface area contributed by atoms with Crippen LogP contribution in [0.4, 0.5) is 4.79 Å². The van der Waals surface area contributed by atoms with Crippen LogP contribution >= 0.6 is 0 Å². The van der Waals surface area contributed by atoms with Crippen LogP contribution in [-0.4, -0.2) is 17.7 Å². The van der Waals surface area contributed by atoms with Crippen molar-refractivity contribution in [2.45, 2.75) is 51.7 Å². The Balaban J connectivity index is 2.23. The molecule has 0 aromatic heterocycles. The van der Waals surface area contributed by atoms with Crippen molar-refractivity contribution in [3.63, 3.8) is 0 Å². The number of amides is 1. The van der Waals surface area contributed by atoms with E-state index >= 15 is 0 Å². The zero-order valence-corrected chi connectivity index (χ0v) is 8.02. The summed E-state index contributed by atoms with van der Waals surface area (Å²) in [5.74, 6) is 0. The topological polar surface area (TPSA) is 38.3 Å². The molecular weight excluding hydrogens is 154 g/mol. The van der Waals surface area contributed by atoms with Crippen molar-refractivity contribution in [1.29, 1.82) is 0 Å². The zero-order chi connectivity index (χ0) is 9.19. The van der Waals surface area contributed by atoms with Crippen molar-refractivity contribution >= 4 is 6.09 Å². The second kappa shape index (κ2) is 3.33. The fraction of sp³-hybridized carbons (Fsp3) is 0.889. The number of carbonyl (C=O) groups excluding carboxylic acids is 1. The molecule has 0 aliphatic heterocycles. The van der Waals surface area contributed by atoms with Crippen LogP contribution in [0.5, 0.6) is 0 Å². The van der Waals surface area contributed by atoms with Gasteiger partial charge < -0.3 is 10.1 Å². The van der Waals surface area contributed by atoms with Crippen molar-refractivity contribution in [2.75, 3.05) is 0 Å². The van der Waals surface area contributed by atoms with Gasteiger partial charge in [0.25, 0.3) is 0 Å². The predicted molar refractivity (Wildman–Crippen MR) is 47.0 cm³/mol. The van der Waals surface area contributed by atoms with Gasteiger partial charge in [-0.2, -0.15) is 0 Å². The summed E-state index contributed by atoms with van der Waals surface area (Å²) in [4.78, 5) is 11.1. The van der Waals surface area contributed by atoms with Gasteiger partial charge in [-0.15, -0.1) is 0 Å². The molecule has 0 spiro atoms. The quantitative estimate of drug-likeness (QED) is 0.705. The molecule has 0 radical (unpaired) electrons. The molecule has 1 amide bonds. The normalized spacial score (nSPS) is 17.2. The SMILES string of the molecule is CCC(C)(C)NC(=O)OC1CC1. The average molecular weight is 171 g/mol.